The summed E-state index contributed by atoms with van der Waals surface area (Å²) in [4.78, 5) is 11.7. The molecule has 2 atom stereocenters. The number of piperidine rings is 1. The zero-order valence-corrected chi connectivity index (χ0v) is 10.7. The number of ketones is 1. The molecule has 0 spiro atoms. The van der Waals surface area contributed by atoms with E-state index < -0.39 is 0 Å². The number of benzene rings is 1. The van der Waals surface area contributed by atoms with Crippen LogP contribution in [0.5, 0.6) is 0 Å². The van der Waals surface area contributed by atoms with E-state index in [9.17, 15) is 4.79 Å². The molecule has 1 saturated heterocycles. The second-order valence-corrected chi connectivity index (χ2v) is 5.22. The fraction of sp³-hybridized carbons (Fsp3) is 0.400. The maximum absolute atomic E-state index is 11.7. The molecule has 94 valence electrons. The van der Waals surface area contributed by atoms with Crippen molar-refractivity contribution in [3.63, 3.8) is 0 Å². The van der Waals surface area contributed by atoms with Crippen molar-refractivity contribution >= 4 is 16.8 Å². The number of furan rings is 1. The van der Waals surface area contributed by atoms with Crippen LogP contribution < -0.4 is 5.32 Å². The van der Waals surface area contributed by atoms with Crippen molar-refractivity contribution in [3.05, 3.63) is 35.6 Å². The van der Waals surface area contributed by atoms with Gasteiger partial charge in [-0.3, -0.25) is 4.79 Å². The molecule has 0 amide bonds. The third-order valence-corrected chi connectivity index (χ3v) is 3.52. The quantitative estimate of drug-likeness (QED) is 0.836. The average Bonchev–Trinajstić information content (AvgIpc) is 2.66. The number of aryl methyl sites for hydroxylation is 1. The van der Waals surface area contributed by atoms with Gasteiger partial charge in [-0.2, -0.15) is 0 Å². The van der Waals surface area contributed by atoms with E-state index in [2.05, 4.69) is 18.3 Å². The summed E-state index contributed by atoms with van der Waals surface area (Å²) in [6.45, 7) is 4.01. The summed E-state index contributed by atoms with van der Waals surface area (Å²) < 4.78 is 5.57. The highest BCUT2D eigenvalue weighted by atomic mass is 16.3. The van der Waals surface area contributed by atoms with Crippen molar-refractivity contribution in [2.45, 2.75) is 38.8 Å². The van der Waals surface area contributed by atoms with Crippen LogP contribution in [0.4, 0.5) is 0 Å². The van der Waals surface area contributed by atoms with Gasteiger partial charge in [0.05, 0.1) is 0 Å². The van der Waals surface area contributed by atoms with Gasteiger partial charge in [0.25, 0.3) is 0 Å². The molecule has 0 aliphatic carbocycles. The Bertz CT molecular complexity index is 600. The Morgan fingerprint density at radius 3 is 2.89 bits per heavy atom. The van der Waals surface area contributed by atoms with Gasteiger partial charge in [-0.1, -0.05) is 6.07 Å². The monoisotopic (exact) mass is 243 g/mol. The first-order valence-electron chi connectivity index (χ1n) is 6.39. The number of carbonyl (C=O) groups excluding carboxylic acids is 1. The first-order valence-corrected chi connectivity index (χ1v) is 6.39. The summed E-state index contributed by atoms with van der Waals surface area (Å²) in [6.07, 6.45) is 1.23. The average molecular weight is 243 g/mol. The highest BCUT2D eigenvalue weighted by Gasteiger charge is 2.25. The lowest BCUT2D eigenvalue weighted by Crippen LogP contribution is -2.38. The Morgan fingerprint density at radius 2 is 2.11 bits per heavy atom. The molecular formula is C15H17NO2. The Kier molecular flexibility index (Phi) is 2.71. The molecule has 1 aromatic carbocycles. The van der Waals surface area contributed by atoms with Crippen LogP contribution in [-0.4, -0.2) is 11.8 Å². The first kappa shape index (κ1) is 11.5. The topological polar surface area (TPSA) is 42.2 Å². The van der Waals surface area contributed by atoms with Gasteiger partial charge in [-0.25, -0.2) is 0 Å². The van der Waals surface area contributed by atoms with E-state index in [0.29, 0.717) is 18.6 Å². The fourth-order valence-electron chi connectivity index (χ4n) is 2.74. The maximum Gasteiger partial charge on any atom is 0.136 e. The van der Waals surface area contributed by atoms with E-state index in [4.69, 9.17) is 4.42 Å². The third kappa shape index (κ3) is 2.06. The van der Waals surface area contributed by atoms with E-state index in [1.54, 1.807) is 0 Å². The highest BCUT2D eigenvalue weighted by molar-refractivity contribution is 5.82. The van der Waals surface area contributed by atoms with Crippen LogP contribution in [0.15, 0.2) is 28.7 Å². The smallest absolute Gasteiger partial charge is 0.136 e. The normalized spacial score (nSPS) is 24.7. The number of carbonyl (C=O) groups is 1. The lowest BCUT2D eigenvalue weighted by atomic mass is 9.92. The highest BCUT2D eigenvalue weighted by Crippen LogP contribution is 2.27. The lowest BCUT2D eigenvalue weighted by Gasteiger charge is -2.28. The van der Waals surface area contributed by atoms with Gasteiger partial charge in [0.15, 0.2) is 0 Å². The van der Waals surface area contributed by atoms with Crippen molar-refractivity contribution in [1.82, 2.24) is 5.32 Å². The van der Waals surface area contributed by atoms with Crippen LogP contribution in [0.2, 0.25) is 0 Å². The summed E-state index contributed by atoms with van der Waals surface area (Å²) >= 11 is 0. The van der Waals surface area contributed by atoms with Crippen LogP contribution in [-0.2, 0) is 4.79 Å². The molecule has 18 heavy (non-hydrogen) atoms. The Balaban J connectivity index is 1.95. The SMILES string of the molecule is Cc1cc2cc(C3CC(=O)CC(C)N3)ccc2o1. The van der Waals surface area contributed by atoms with Gasteiger partial charge < -0.3 is 9.73 Å². The number of hydrogen-bond donors (Lipinski definition) is 1. The van der Waals surface area contributed by atoms with Crippen LogP contribution in [0, 0.1) is 6.92 Å². The van der Waals surface area contributed by atoms with Crippen LogP contribution >= 0.6 is 0 Å². The van der Waals surface area contributed by atoms with E-state index in [1.807, 2.05) is 25.1 Å². The molecule has 2 unspecified atom stereocenters. The molecule has 1 aromatic heterocycles. The van der Waals surface area contributed by atoms with Gasteiger partial charge in [0.1, 0.15) is 17.1 Å². The minimum atomic E-state index is 0.140. The van der Waals surface area contributed by atoms with E-state index in [-0.39, 0.29) is 12.1 Å². The molecule has 0 radical (unpaired) electrons. The second kappa shape index (κ2) is 4.25. The van der Waals surface area contributed by atoms with Crippen LogP contribution in [0.1, 0.15) is 37.1 Å². The molecule has 2 aromatic rings. The Labute approximate surface area is 106 Å². The number of nitrogens with one attached hydrogen (secondary N) is 1. The second-order valence-electron chi connectivity index (χ2n) is 5.22. The zero-order chi connectivity index (χ0) is 12.7. The van der Waals surface area contributed by atoms with Crippen molar-refractivity contribution < 1.29 is 9.21 Å². The number of hydrogen-bond acceptors (Lipinski definition) is 3. The Morgan fingerprint density at radius 1 is 1.28 bits per heavy atom. The number of rotatable bonds is 1. The minimum absolute atomic E-state index is 0.140. The van der Waals surface area contributed by atoms with Gasteiger partial charge in [0.2, 0.25) is 0 Å². The van der Waals surface area contributed by atoms with Crippen LogP contribution in [0.25, 0.3) is 11.0 Å². The summed E-state index contributed by atoms with van der Waals surface area (Å²) in [6, 6.07) is 8.60. The summed E-state index contributed by atoms with van der Waals surface area (Å²) in [5.74, 6) is 1.26. The number of fused-ring (bicyclic) bond motifs is 1. The first-order chi connectivity index (χ1) is 8.61. The van der Waals surface area contributed by atoms with Crippen molar-refractivity contribution in [2.75, 3.05) is 0 Å². The molecule has 2 heterocycles. The summed E-state index contributed by atoms with van der Waals surface area (Å²) in [5, 5.41) is 4.59. The van der Waals surface area contributed by atoms with E-state index >= 15 is 0 Å². The molecule has 3 rings (SSSR count). The van der Waals surface area contributed by atoms with Crippen molar-refractivity contribution in [1.29, 1.82) is 0 Å². The van der Waals surface area contributed by atoms with Crippen molar-refractivity contribution in [2.24, 2.45) is 0 Å². The zero-order valence-electron chi connectivity index (χ0n) is 10.7. The summed E-state index contributed by atoms with van der Waals surface area (Å²) in [7, 11) is 0. The fourth-order valence-corrected chi connectivity index (χ4v) is 2.74. The molecule has 3 nitrogen and oxygen atoms in total. The van der Waals surface area contributed by atoms with Crippen LogP contribution in [0.3, 0.4) is 0 Å². The molecule has 3 heteroatoms. The number of Topliss-reactive ketones (excluding diaryl/α,β-unsaturated/α-hetero) is 1. The molecule has 1 aliphatic rings. The van der Waals surface area contributed by atoms with Gasteiger partial charge in [-0.05, 0) is 37.6 Å². The minimum Gasteiger partial charge on any atom is -0.461 e. The van der Waals surface area contributed by atoms with Crippen molar-refractivity contribution in [3.8, 4) is 0 Å². The standard InChI is InChI=1S/C15H17NO2/c1-9-5-13(17)8-14(16-9)11-3-4-15-12(7-11)6-10(2)18-15/h3-4,6-7,9,14,16H,5,8H2,1-2H3. The summed E-state index contributed by atoms with van der Waals surface area (Å²) in [5.41, 5.74) is 2.08. The molecule has 0 saturated carbocycles. The maximum atomic E-state index is 11.7. The van der Waals surface area contributed by atoms with Gasteiger partial charge in [0, 0.05) is 30.3 Å². The van der Waals surface area contributed by atoms with Gasteiger partial charge >= 0.3 is 0 Å². The molecule has 0 bridgehead atoms. The third-order valence-electron chi connectivity index (χ3n) is 3.52. The predicted octanol–water partition coefficient (Wildman–Crippen LogP) is 3.12. The largest absolute Gasteiger partial charge is 0.461 e. The molecule has 1 aliphatic heterocycles. The van der Waals surface area contributed by atoms with E-state index in [1.165, 1.54) is 5.56 Å². The Hall–Kier alpha value is -1.61. The van der Waals surface area contributed by atoms with Gasteiger partial charge in [-0.15, -0.1) is 0 Å². The molecular weight excluding hydrogens is 226 g/mol. The lowest BCUT2D eigenvalue weighted by molar-refractivity contribution is -0.121. The molecule has 1 fully saturated rings. The predicted molar refractivity (Wildman–Crippen MR) is 70.5 cm³/mol. The molecule has 1 N–H and O–H groups in total. The van der Waals surface area contributed by atoms with E-state index in [0.717, 1.165) is 16.7 Å².